The highest BCUT2D eigenvalue weighted by Gasteiger charge is 2.33. The molecule has 0 atom stereocenters. The van der Waals surface area contributed by atoms with E-state index in [9.17, 15) is 18.0 Å². The summed E-state index contributed by atoms with van der Waals surface area (Å²) in [6.07, 6.45) is 1.63. The molecule has 0 saturated carbocycles. The van der Waals surface area contributed by atoms with E-state index in [2.05, 4.69) is 11.9 Å². The van der Waals surface area contributed by atoms with E-state index in [1.165, 1.54) is 21.7 Å². The molecule has 0 aliphatic carbocycles. The predicted molar refractivity (Wildman–Crippen MR) is 137 cm³/mol. The fourth-order valence-corrected chi connectivity index (χ4v) is 8.21. The minimum atomic E-state index is -3.63. The number of halogens is 1. The van der Waals surface area contributed by atoms with Gasteiger partial charge in [-0.25, -0.2) is 8.42 Å². The van der Waals surface area contributed by atoms with E-state index in [0.717, 1.165) is 33.5 Å². The molecular formula is C23H26ClN3O5S3. The molecule has 3 aromatic rings. The number of carbonyl (C=O) groups is 2. The Bertz CT molecular complexity index is 1420. The van der Waals surface area contributed by atoms with Gasteiger partial charge in [-0.1, -0.05) is 35.9 Å². The van der Waals surface area contributed by atoms with Gasteiger partial charge in [-0.2, -0.15) is 9.30 Å². The van der Waals surface area contributed by atoms with Crippen LogP contribution < -0.4 is 4.80 Å². The van der Waals surface area contributed by atoms with Crippen molar-refractivity contribution in [2.24, 2.45) is 10.9 Å². The SMILES string of the molecule is CCOC(=O)Cn1c(=NC(=O)C2CCN(S(=O)(=O)c3ccc(Cl)s3)CC2)sc2cc(CC)ccc21. The lowest BCUT2D eigenvalue weighted by Gasteiger charge is -2.29. The van der Waals surface area contributed by atoms with Crippen LogP contribution in [0.1, 0.15) is 32.3 Å². The first-order chi connectivity index (χ1) is 16.7. The van der Waals surface area contributed by atoms with Crippen molar-refractivity contribution in [1.82, 2.24) is 8.87 Å². The molecular weight excluding hydrogens is 530 g/mol. The number of piperidine rings is 1. The number of aromatic nitrogens is 1. The molecule has 35 heavy (non-hydrogen) atoms. The third-order valence-electron chi connectivity index (χ3n) is 5.90. The van der Waals surface area contributed by atoms with Crippen LogP contribution in [-0.2, 0) is 37.3 Å². The van der Waals surface area contributed by atoms with Gasteiger partial charge >= 0.3 is 5.97 Å². The quantitative estimate of drug-likeness (QED) is 0.409. The minimum absolute atomic E-state index is 0.0362. The molecule has 1 saturated heterocycles. The third kappa shape index (κ3) is 5.69. The van der Waals surface area contributed by atoms with Gasteiger partial charge in [0.25, 0.3) is 15.9 Å². The standard InChI is InChI=1S/C23H26ClN3O5S3/c1-3-15-5-6-17-18(13-15)33-23(27(17)14-20(28)32-4-2)25-22(29)16-9-11-26(12-10-16)35(30,31)21-8-7-19(24)34-21/h5-8,13,16H,3-4,9-12,14H2,1-2H3. The Morgan fingerprint density at radius 3 is 2.51 bits per heavy atom. The van der Waals surface area contributed by atoms with E-state index in [1.807, 2.05) is 18.2 Å². The van der Waals surface area contributed by atoms with Crippen molar-refractivity contribution in [2.45, 2.75) is 43.9 Å². The number of hydrogen-bond donors (Lipinski definition) is 0. The Balaban J connectivity index is 1.56. The maximum absolute atomic E-state index is 13.1. The van der Waals surface area contributed by atoms with Crippen LogP contribution in [-0.4, -0.2) is 48.9 Å². The van der Waals surface area contributed by atoms with Gasteiger partial charge in [0.05, 0.1) is 21.2 Å². The van der Waals surface area contributed by atoms with E-state index in [0.29, 0.717) is 22.0 Å². The monoisotopic (exact) mass is 555 g/mol. The second-order valence-electron chi connectivity index (χ2n) is 8.12. The number of esters is 1. The molecule has 4 rings (SSSR count). The van der Waals surface area contributed by atoms with Crippen LogP contribution >= 0.6 is 34.3 Å². The predicted octanol–water partition coefficient (Wildman–Crippen LogP) is 4.07. The molecule has 8 nitrogen and oxygen atoms in total. The maximum atomic E-state index is 13.1. The Hall–Kier alpha value is -2.05. The number of sulfonamides is 1. The summed E-state index contributed by atoms with van der Waals surface area (Å²) in [5.41, 5.74) is 1.97. The van der Waals surface area contributed by atoms with Crippen LogP contribution in [0.2, 0.25) is 4.34 Å². The average Bonchev–Trinajstić information content (AvgIpc) is 3.43. The number of benzene rings is 1. The lowest BCUT2D eigenvalue weighted by atomic mass is 9.98. The van der Waals surface area contributed by atoms with Crippen LogP contribution in [0.25, 0.3) is 10.2 Å². The number of aryl methyl sites for hydroxylation is 1. The first-order valence-electron chi connectivity index (χ1n) is 11.3. The molecule has 0 radical (unpaired) electrons. The molecule has 0 N–H and O–H groups in total. The molecule has 12 heteroatoms. The number of hydrogen-bond acceptors (Lipinski definition) is 7. The summed E-state index contributed by atoms with van der Waals surface area (Å²) in [5, 5.41) is 0. The largest absolute Gasteiger partial charge is 0.465 e. The molecule has 1 aromatic carbocycles. The van der Waals surface area contributed by atoms with E-state index in [1.54, 1.807) is 17.6 Å². The molecule has 0 spiro atoms. The van der Waals surface area contributed by atoms with Gasteiger partial charge in [0.2, 0.25) is 0 Å². The van der Waals surface area contributed by atoms with Gasteiger partial charge in [0.15, 0.2) is 4.80 Å². The first-order valence-corrected chi connectivity index (χ1v) is 14.8. The van der Waals surface area contributed by atoms with Crippen molar-refractivity contribution in [3.8, 4) is 0 Å². The lowest BCUT2D eigenvalue weighted by molar-refractivity contribution is -0.143. The van der Waals surface area contributed by atoms with Gasteiger partial charge in [-0.3, -0.25) is 9.59 Å². The third-order valence-corrected chi connectivity index (χ3v) is 10.5. The lowest BCUT2D eigenvalue weighted by Crippen LogP contribution is -2.40. The summed E-state index contributed by atoms with van der Waals surface area (Å²) < 4.78 is 35.5. The Morgan fingerprint density at radius 2 is 1.89 bits per heavy atom. The molecule has 3 heterocycles. The Labute approximate surface area is 216 Å². The summed E-state index contributed by atoms with van der Waals surface area (Å²) in [7, 11) is -3.63. The Morgan fingerprint density at radius 1 is 1.14 bits per heavy atom. The first kappa shape index (κ1) is 26.0. The summed E-state index contributed by atoms with van der Waals surface area (Å²) in [6.45, 7) is 4.52. The number of fused-ring (bicyclic) bond motifs is 1. The fraction of sp³-hybridized carbons (Fsp3) is 0.435. The van der Waals surface area contributed by atoms with Crippen molar-refractivity contribution in [2.75, 3.05) is 19.7 Å². The number of amides is 1. The van der Waals surface area contributed by atoms with Crippen molar-refractivity contribution in [1.29, 1.82) is 0 Å². The van der Waals surface area contributed by atoms with Crippen LogP contribution in [0.3, 0.4) is 0 Å². The van der Waals surface area contributed by atoms with Gasteiger partial charge in [0, 0.05) is 19.0 Å². The van der Waals surface area contributed by atoms with Crippen molar-refractivity contribution < 1.29 is 22.7 Å². The highest BCUT2D eigenvalue weighted by Crippen LogP contribution is 2.31. The summed E-state index contributed by atoms with van der Waals surface area (Å²) in [6, 6.07) is 9.05. The van der Waals surface area contributed by atoms with Crippen molar-refractivity contribution in [3.05, 3.63) is 45.0 Å². The van der Waals surface area contributed by atoms with Crippen LogP contribution in [0.5, 0.6) is 0 Å². The highest BCUT2D eigenvalue weighted by atomic mass is 35.5. The number of rotatable bonds is 7. The minimum Gasteiger partial charge on any atom is -0.465 e. The van der Waals surface area contributed by atoms with Crippen molar-refractivity contribution in [3.63, 3.8) is 0 Å². The summed E-state index contributed by atoms with van der Waals surface area (Å²) >= 11 is 8.29. The van der Waals surface area contributed by atoms with Crippen molar-refractivity contribution >= 4 is 66.4 Å². The van der Waals surface area contributed by atoms with Crippen LogP contribution in [0.4, 0.5) is 0 Å². The fourth-order valence-electron chi connectivity index (χ4n) is 4.00. The zero-order valence-electron chi connectivity index (χ0n) is 19.4. The second-order valence-corrected chi connectivity index (χ2v) is 13.0. The maximum Gasteiger partial charge on any atom is 0.326 e. The molecule has 1 aliphatic heterocycles. The van der Waals surface area contributed by atoms with Crippen LogP contribution in [0, 0.1) is 5.92 Å². The molecule has 1 amide bonds. The molecule has 188 valence electrons. The van der Waals surface area contributed by atoms with E-state index >= 15 is 0 Å². The molecule has 1 fully saturated rings. The summed E-state index contributed by atoms with van der Waals surface area (Å²) in [4.78, 5) is 30.1. The van der Waals surface area contributed by atoms with E-state index in [4.69, 9.17) is 16.3 Å². The summed E-state index contributed by atoms with van der Waals surface area (Å²) in [5.74, 6) is -1.09. The normalized spacial score (nSPS) is 16.1. The van der Waals surface area contributed by atoms with E-state index < -0.39 is 16.0 Å². The number of nitrogens with zero attached hydrogens (tertiary/aromatic N) is 3. The Kier molecular flexibility index (Phi) is 8.12. The molecule has 2 aromatic heterocycles. The zero-order valence-corrected chi connectivity index (χ0v) is 22.6. The number of thiophene rings is 1. The number of ether oxygens (including phenoxy) is 1. The van der Waals surface area contributed by atoms with Gasteiger partial charge < -0.3 is 9.30 Å². The second kappa shape index (κ2) is 10.9. The van der Waals surface area contributed by atoms with Gasteiger partial charge in [-0.05, 0) is 56.0 Å². The van der Waals surface area contributed by atoms with Gasteiger partial charge in [-0.15, -0.1) is 11.3 Å². The molecule has 0 bridgehead atoms. The molecule has 0 unspecified atom stereocenters. The van der Waals surface area contributed by atoms with E-state index in [-0.39, 0.29) is 42.3 Å². The number of thiazole rings is 1. The molecule has 1 aliphatic rings. The topological polar surface area (TPSA) is 98.0 Å². The smallest absolute Gasteiger partial charge is 0.326 e. The average molecular weight is 556 g/mol. The zero-order chi connectivity index (χ0) is 25.2. The van der Waals surface area contributed by atoms with Gasteiger partial charge in [0.1, 0.15) is 10.8 Å². The van der Waals surface area contributed by atoms with Crippen LogP contribution in [0.15, 0.2) is 39.5 Å². The highest BCUT2D eigenvalue weighted by molar-refractivity contribution is 7.91. The number of carbonyl (C=O) groups excluding carboxylic acids is 2.